The zero-order valence-corrected chi connectivity index (χ0v) is 14.4. The average molecular weight is 373 g/mol. The van der Waals surface area contributed by atoms with Gasteiger partial charge in [-0.15, -0.1) is 0 Å². The minimum atomic E-state index is -4.53. The first-order valence-electron chi connectivity index (χ1n) is 8.42. The largest absolute Gasteiger partial charge is 0.450 e. The van der Waals surface area contributed by atoms with E-state index < -0.39 is 17.6 Å². The van der Waals surface area contributed by atoms with Gasteiger partial charge in [0.25, 0.3) is 0 Å². The number of nitrogens with one attached hydrogen (secondary N) is 2. The highest BCUT2D eigenvalue weighted by atomic mass is 19.4. The van der Waals surface area contributed by atoms with Crippen molar-refractivity contribution in [2.75, 3.05) is 31.6 Å². The lowest BCUT2D eigenvalue weighted by Crippen LogP contribution is -2.46. The number of halogens is 3. The highest BCUT2D eigenvalue weighted by Gasteiger charge is 2.33. The Labute approximate surface area is 149 Å². The Kier molecular flexibility index (Phi) is 6.84. The molecule has 1 aromatic rings. The summed E-state index contributed by atoms with van der Waals surface area (Å²) in [6.45, 7) is 2.97. The van der Waals surface area contributed by atoms with Gasteiger partial charge in [0.15, 0.2) is 0 Å². The van der Waals surface area contributed by atoms with Crippen LogP contribution in [0.15, 0.2) is 24.3 Å². The summed E-state index contributed by atoms with van der Waals surface area (Å²) in [6, 6.07) is 4.87. The van der Waals surface area contributed by atoms with Crippen molar-refractivity contribution in [3.8, 4) is 0 Å². The number of alkyl halides is 3. The molecule has 0 radical (unpaired) electrons. The Morgan fingerprint density at radius 3 is 2.50 bits per heavy atom. The van der Waals surface area contributed by atoms with Crippen LogP contribution in [0.1, 0.15) is 25.3 Å². The summed E-state index contributed by atoms with van der Waals surface area (Å²) in [6.07, 6.45) is -3.60. The summed E-state index contributed by atoms with van der Waals surface area (Å²) in [4.78, 5) is 25.2. The number of carbonyl (C=O) groups is 2. The summed E-state index contributed by atoms with van der Waals surface area (Å²) in [7, 11) is 0. The number of likely N-dealkylation sites (tertiary alicyclic amines) is 1. The van der Waals surface area contributed by atoms with Gasteiger partial charge in [0.1, 0.15) is 0 Å². The lowest BCUT2D eigenvalue weighted by Gasteiger charge is -2.31. The molecule has 0 atom stereocenters. The van der Waals surface area contributed by atoms with Crippen molar-refractivity contribution in [3.63, 3.8) is 0 Å². The van der Waals surface area contributed by atoms with Gasteiger partial charge in [0.2, 0.25) is 5.91 Å². The summed E-state index contributed by atoms with van der Waals surface area (Å²) in [5, 5.41) is 5.31. The number of nitrogens with zero attached hydrogens (tertiary/aromatic N) is 1. The zero-order valence-electron chi connectivity index (χ0n) is 14.4. The molecule has 0 unspecified atom stereocenters. The van der Waals surface area contributed by atoms with Crippen LogP contribution in [0, 0.1) is 0 Å². The fraction of sp³-hybridized carbons (Fsp3) is 0.529. The molecule has 6 nitrogen and oxygen atoms in total. The van der Waals surface area contributed by atoms with Crippen LogP contribution in [0.4, 0.5) is 23.7 Å². The molecule has 1 fully saturated rings. The fourth-order valence-electron chi connectivity index (χ4n) is 2.75. The van der Waals surface area contributed by atoms with Crippen LogP contribution in [0.5, 0.6) is 0 Å². The van der Waals surface area contributed by atoms with E-state index in [2.05, 4.69) is 10.6 Å². The van der Waals surface area contributed by atoms with Crippen LogP contribution in [0.25, 0.3) is 0 Å². The molecule has 26 heavy (non-hydrogen) atoms. The predicted molar refractivity (Wildman–Crippen MR) is 89.7 cm³/mol. The number of anilines is 1. The van der Waals surface area contributed by atoms with E-state index in [1.807, 2.05) is 0 Å². The molecule has 0 bridgehead atoms. The third-order valence-electron chi connectivity index (χ3n) is 4.08. The molecule has 2 N–H and O–H groups in total. The van der Waals surface area contributed by atoms with Crippen molar-refractivity contribution in [1.82, 2.24) is 10.2 Å². The lowest BCUT2D eigenvalue weighted by atomic mass is 10.1. The molecule has 144 valence electrons. The van der Waals surface area contributed by atoms with E-state index >= 15 is 0 Å². The molecule has 1 heterocycles. The molecule has 2 amide bonds. The number of hydrogen-bond donors (Lipinski definition) is 2. The Morgan fingerprint density at radius 2 is 1.88 bits per heavy atom. The number of benzene rings is 1. The van der Waals surface area contributed by atoms with E-state index in [-0.39, 0.29) is 24.4 Å². The SMILES string of the molecule is CCOC(=O)N1CCC(NCC(=O)Nc2ccccc2C(F)(F)F)CC1. The molecule has 9 heteroatoms. The lowest BCUT2D eigenvalue weighted by molar-refractivity contribution is -0.137. The van der Waals surface area contributed by atoms with Gasteiger partial charge in [-0.05, 0) is 31.9 Å². The Balaban J connectivity index is 1.79. The fourth-order valence-corrected chi connectivity index (χ4v) is 2.75. The van der Waals surface area contributed by atoms with E-state index in [1.165, 1.54) is 18.2 Å². The molecule has 0 saturated carbocycles. The van der Waals surface area contributed by atoms with Crippen molar-refractivity contribution in [2.24, 2.45) is 0 Å². The van der Waals surface area contributed by atoms with Crippen LogP contribution in [-0.4, -0.2) is 49.2 Å². The molecule has 1 aliphatic heterocycles. The van der Waals surface area contributed by atoms with Crippen molar-refractivity contribution in [1.29, 1.82) is 0 Å². The predicted octanol–water partition coefficient (Wildman–Crippen LogP) is 2.85. The van der Waals surface area contributed by atoms with E-state index in [0.717, 1.165) is 6.07 Å². The third-order valence-corrected chi connectivity index (χ3v) is 4.08. The maximum atomic E-state index is 12.9. The van der Waals surface area contributed by atoms with Crippen LogP contribution in [-0.2, 0) is 15.7 Å². The number of para-hydroxylation sites is 1. The molecule has 1 saturated heterocycles. The van der Waals surface area contributed by atoms with Gasteiger partial charge in [-0.3, -0.25) is 4.79 Å². The number of amides is 2. The maximum Gasteiger partial charge on any atom is 0.418 e. The second-order valence-corrected chi connectivity index (χ2v) is 5.93. The number of hydrogen-bond acceptors (Lipinski definition) is 4. The molecule has 0 aliphatic carbocycles. The van der Waals surface area contributed by atoms with Crippen LogP contribution in [0.2, 0.25) is 0 Å². The highest BCUT2D eigenvalue weighted by Crippen LogP contribution is 2.34. The monoisotopic (exact) mass is 373 g/mol. The molecule has 1 aromatic carbocycles. The quantitative estimate of drug-likeness (QED) is 0.833. The van der Waals surface area contributed by atoms with E-state index in [4.69, 9.17) is 4.74 Å². The van der Waals surface area contributed by atoms with Crippen LogP contribution in [0.3, 0.4) is 0 Å². The second kappa shape index (κ2) is 8.88. The van der Waals surface area contributed by atoms with Crippen LogP contribution < -0.4 is 10.6 Å². The smallest absolute Gasteiger partial charge is 0.418 e. The normalized spacial score (nSPS) is 15.6. The van der Waals surface area contributed by atoms with Gasteiger partial charge < -0.3 is 20.3 Å². The summed E-state index contributed by atoms with van der Waals surface area (Å²) >= 11 is 0. The Bertz CT molecular complexity index is 629. The Hall–Kier alpha value is -2.29. The van der Waals surface area contributed by atoms with Crippen molar-refractivity contribution < 1.29 is 27.5 Å². The Morgan fingerprint density at radius 1 is 1.23 bits per heavy atom. The summed E-state index contributed by atoms with van der Waals surface area (Å²) in [5.41, 5.74) is -1.14. The van der Waals surface area contributed by atoms with Crippen LogP contribution >= 0.6 is 0 Å². The van der Waals surface area contributed by atoms with E-state index in [1.54, 1.807) is 11.8 Å². The highest BCUT2D eigenvalue weighted by molar-refractivity contribution is 5.93. The molecular weight excluding hydrogens is 351 g/mol. The molecule has 0 aromatic heterocycles. The first kappa shape index (κ1) is 20.0. The first-order chi connectivity index (χ1) is 12.3. The standard InChI is InChI=1S/C17H22F3N3O3/c1-2-26-16(25)23-9-7-12(8-10-23)21-11-15(24)22-14-6-4-3-5-13(14)17(18,19)20/h3-6,12,21H,2,7-11H2,1H3,(H,22,24). The van der Waals surface area contributed by atoms with E-state index in [9.17, 15) is 22.8 Å². The van der Waals surface area contributed by atoms with E-state index in [0.29, 0.717) is 32.5 Å². The average Bonchev–Trinajstić information content (AvgIpc) is 2.60. The number of carbonyl (C=O) groups excluding carboxylic acids is 2. The van der Waals surface area contributed by atoms with Gasteiger partial charge in [0.05, 0.1) is 24.4 Å². The first-order valence-corrected chi connectivity index (χ1v) is 8.42. The maximum absolute atomic E-state index is 12.9. The summed E-state index contributed by atoms with van der Waals surface area (Å²) in [5.74, 6) is -0.547. The number of rotatable bonds is 5. The van der Waals surface area contributed by atoms with Gasteiger partial charge in [-0.25, -0.2) is 4.79 Å². The van der Waals surface area contributed by atoms with Crippen molar-refractivity contribution >= 4 is 17.7 Å². The molecular formula is C17H22F3N3O3. The van der Waals surface area contributed by atoms with Gasteiger partial charge in [-0.2, -0.15) is 13.2 Å². The second-order valence-electron chi connectivity index (χ2n) is 5.93. The number of piperidine rings is 1. The topological polar surface area (TPSA) is 70.7 Å². The third kappa shape index (κ3) is 5.62. The minimum absolute atomic E-state index is 0.0179. The van der Waals surface area contributed by atoms with Gasteiger partial charge in [-0.1, -0.05) is 12.1 Å². The molecule has 2 rings (SSSR count). The van der Waals surface area contributed by atoms with Crippen molar-refractivity contribution in [2.45, 2.75) is 32.0 Å². The summed E-state index contributed by atoms with van der Waals surface area (Å²) < 4.78 is 43.7. The molecule has 0 spiro atoms. The van der Waals surface area contributed by atoms with Gasteiger partial charge in [0, 0.05) is 19.1 Å². The zero-order chi connectivity index (χ0) is 19.2. The minimum Gasteiger partial charge on any atom is -0.450 e. The molecule has 1 aliphatic rings. The van der Waals surface area contributed by atoms with Gasteiger partial charge >= 0.3 is 12.3 Å². The van der Waals surface area contributed by atoms with Crippen molar-refractivity contribution in [3.05, 3.63) is 29.8 Å². The number of ether oxygens (including phenoxy) is 1.